The fourth-order valence-electron chi connectivity index (χ4n) is 3.07. The molecule has 1 aliphatic rings. The predicted molar refractivity (Wildman–Crippen MR) is 118 cm³/mol. The molecule has 0 aliphatic carbocycles. The summed E-state index contributed by atoms with van der Waals surface area (Å²) in [7, 11) is 0. The van der Waals surface area contributed by atoms with E-state index in [1.54, 1.807) is 6.07 Å². The molecule has 150 valence electrons. The van der Waals surface area contributed by atoms with Crippen molar-refractivity contribution in [3.8, 4) is 0 Å². The van der Waals surface area contributed by atoms with Crippen LogP contribution in [0.3, 0.4) is 0 Å². The number of imide groups is 1. The van der Waals surface area contributed by atoms with Crippen molar-refractivity contribution in [3.05, 3.63) is 100 Å². The summed E-state index contributed by atoms with van der Waals surface area (Å²) in [5, 5.41) is 3.07. The van der Waals surface area contributed by atoms with Gasteiger partial charge in [0.25, 0.3) is 11.8 Å². The average Bonchev–Trinajstić information content (AvgIpc) is 2.96. The second kappa shape index (κ2) is 8.16. The van der Waals surface area contributed by atoms with E-state index < -0.39 is 17.6 Å². The van der Waals surface area contributed by atoms with Crippen LogP contribution in [0.25, 0.3) is 0 Å². The number of nitrogens with one attached hydrogen (secondary N) is 1. The number of nitrogens with zero attached hydrogens (tertiary/aromatic N) is 1. The van der Waals surface area contributed by atoms with Gasteiger partial charge in [0.15, 0.2) is 0 Å². The van der Waals surface area contributed by atoms with E-state index in [0.29, 0.717) is 5.69 Å². The summed E-state index contributed by atoms with van der Waals surface area (Å²) in [5.41, 5.74) is 2.92. The van der Waals surface area contributed by atoms with Crippen LogP contribution >= 0.6 is 11.8 Å². The first kappa shape index (κ1) is 19.9. The van der Waals surface area contributed by atoms with Gasteiger partial charge in [0, 0.05) is 10.6 Å². The molecule has 4 nitrogen and oxygen atoms in total. The smallest absolute Gasteiger partial charge is 0.283 e. The predicted octanol–water partition coefficient (Wildman–Crippen LogP) is 5.43. The number of hydrogen-bond acceptors (Lipinski definition) is 4. The molecule has 3 aromatic rings. The number of carbonyl (C=O) groups excluding carboxylic acids is 2. The van der Waals surface area contributed by atoms with E-state index in [-0.39, 0.29) is 16.3 Å². The number of aryl methyl sites for hydroxylation is 2. The van der Waals surface area contributed by atoms with Gasteiger partial charge in [-0.1, -0.05) is 59.3 Å². The first-order chi connectivity index (χ1) is 14.4. The zero-order valence-electron chi connectivity index (χ0n) is 16.5. The van der Waals surface area contributed by atoms with E-state index in [1.165, 1.54) is 30.0 Å². The van der Waals surface area contributed by atoms with Crippen molar-refractivity contribution in [3.63, 3.8) is 0 Å². The molecule has 1 aliphatic heterocycles. The Morgan fingerprint density at radius 1 is 0.800 bits per heavy atom. The Morgan fingerprint density at radius 3 is 2.03 bits per heavy atom. The summed E-state index contributed by atoms with van der Waals surface area (Å²) < 4.78 is 14.4. The Bertz CT molecular complexity index is 1090. The first-order valence-corrected chi connectivity index (χ1v) is 10.2. The van der Waals surface area contributed by atoms with Gasteiger partial charge in [0.05, 0.1) is 5.69 Å². The third-order valence-corrected chi connectivity index (χ3v) is 5.79. The van der Waals surface area contributed by atoms with Crippen LogP contribution in [0.1, 0.15) is 11.1 Å². The van der Waals surface area contributed by atoms with Crippen molar-refractivity contribution < 1.29 is 14.0 Å². The monoisotopic (exact) mass is 418 g/mol. The molecular formula is C24H19FN2O2S. The zero-order chi connectivity index (χ0) is 21.3. The maximum atomic E-state index is 14.4. The summed E-state index contributed by atoms with van der Waals surface area (Å²) in [5.74, 6) is -1.76. The van der Waals surface area contributed by atoms with Crippen LogP contribution in [0.5, 0.6) is 0 Å². The zero-order valence-corrected chi connectivity index (χ0v) is 17.3. The Kier molecular flexibility index (Phi) is 5.42. The molecule has 2 amide bonds. The molecule has 0 aromatic heterocycles. The van der Waals surface area contributed by atoms with Crippen molar-refractivity contribution in [2.45, 2.75) is 18.7 Å². The molecule has 6 heteroatoms. The third kappa shape index (κ3) is 3.86. The van der Waals surface area contributed by atoms with Crippen LogP contribution in [0, 0.1) is 19.7 Å². The van der Waals surface area contributed by atoms with Crippen molar-refractivity contribution in [1.82, 2.24) is 0 Å². The third-order valence-electron chi connectivity index (χ3n) is 4.70. The fraction of sp³-hybridized carbons (Fsp3) is 0.0833. The standard InChI is InChI=1S/C24H19FN2O2S/c1-15-7-11-17(12-8-15)26-21-22(30-18-13-9-16(2)10-14-18)24(29)27(23(21)28)20-6-4-3-5-19(20)25/h3-14,26H,1-2H3. The van der Waals surface area contributed by atoms with Gasteiger partial charge < -0.3 is 5.32 Å². The Morgan fingerprint density at radius 2 is 1.40 bits per heavy atom. The van der Waals surface area contributed by atoms with E-state index >= 15 is 0 Å². The SMILES string of the molecule is Cc1ccc(NC2=C(Sc3ccc(C)cc3)C(=O)N(c3ccccc3F)C2=O)cc1. The van der Waals surface area contributed by atoms with Crippen molar-refractivity contribution >= 4 is 35.0 Å². The van der Waals surface area contributed by atoms with E-state index in [0.717, 1.165) is 20.9 Å². The quantitative estimate of drug-likeness (QED) is 0.561. The van der Waals surface area contributed by atoms with Crippen LogP contribution in [0.4, 0.5) is 15.8 Å². The molecule has 30 heavy (non-hydrogen) atoms. The lowest BCUT2D eigenvalue weighted by atomic mass is 10.2. The summed E-state index contributed by atoms with van der Waals surface area (Å²) in [6, 6.07) is 20.9. The maximum Gasteiger partial charge on any atom is 0.283 e. The van der Waals surface area contributed by atoms with Gasteiger partial charge in [-0.2, -0.15) is 0 Å². The number of anilines is 2. The normalized spacial score (nSPS) is 13.9. The molecule has 0 bridgehead atoms. The lowest BCUT2D eigenvalue weighted by Gasteiger charge is -2.16. The molecule has 4 rings (SSSR count). The lowest BCUT2D eigenvalue weighted by Crippen LogP contribution is -2.33. The van der Waals surface area contributed by atoms with Gasteiger partial charge in [0.2, 0.25) is 0 Å². The van der Waals surface area contributed by atoms with Crippen molar-refractivity contribution in [1.29, 1.82) is 0 Å². The molecule has 0 radical (unpaired) electrons. The minimum atomic E-state index is -0.629. The molecule has 0 atom stereocenters. The summed E-state index contributed by atoms with van der Waals surface area (Å²) >= 11 is 1.19. The van der Waals surface area contributed by atoms with Gasteiger partial charge in [-0.15, -0.1) is 0 Å². The topological polar surface area (TPSA) is 49.4 Å². The van der Waals surface area contributed by atoms with Gasteiger partial charge in [-0.3, -0.25) is 9.59 Å². The highest BCUT2D eigenvalue weighted by Gasteiger charge is 2.41. The van der Waals surface area contributed by atoms with Crippen LogP contribution < -0.4 is 10.2 Å². The number of para-hydroxylation sites is 1. The molecule has 0 saturated heterocycles. The Labute approximate surface area is 178 Å². The van der Waals surface area contributed by atoms with Gasteiger partial charge in [-0.05, 0) is 50.2 Å². The lowest BCUT2D eigenvalue weighted by molar-refractivity contribution is -0.120. The minimum Gasteiger partial charge on any atom is -0.350 e. The molecule has 1 heterocycles. The van der Waals surface area contributed by atoms with Crippen molar-refractivity contribution in [2.75, 3.05) is 10.2 Å². The number of hydrogen-bond donors (Lipinski definition) is 1. The fourth-order valence-corrected chi connectivity index (χ4v) is 4.00. The minimum absolute atomic E-state index is 0.0600. The molecule has 0 spiro atoms. The van der Waals surface area contributed by atoms with E-state index in [2.05, 4.69) is 5.32 Å². The van der Waals surface area contributed by atoms with E-state index in [9.17, 15) is 14.0 Å². The summed E-state index contributed by atoms with van der Waals surface area (Å²) in [4.78, 5) is 28.3. The van der Waals surface area contributed by atoms with Crippen LogP contribution in [-0.4, -0.2) is 11.8 Å². The van der Waals surface area contributed by atoms with Crippen LogP contribution in [-0.2, 0) is 9.59 Å². The number of amides is 2. The highest BCUT2D eigenvalue weighted by molar-refractivity contribution is 8.04. The number of rotatable bonds is 5. The molecule has 1 N–H and O–H groups in total. The Balaban J connectivity index is 1.75. The van der Waals surface area contributed by atoms with Gasteiger partial charge in [0.1, 0.15) is 16.4 Å². The van der Waals surface area contributed by atoms with Crippen LogP contribution in [0.2, 0.25) is 0 Å². The maximum absolute atomic E-state index is 14.4. The number of benzene rings is 3. The molecule has 0 fully saturated rings. The summed E-state index contributed by atoms with van der Waals surface area (Å²) in [6.07, 6.45) is 0. The average molecular weight is 418 g/mol. The van der Waals surface area contributed by atoms with E-state index in [1.807, 2.05) is 62.4 Å². The number of carbonyl (C=O) groups is 2. The van der Waals surface area contributed by atoms with Gasteiger partial charge in [-0.25, -0.2) is 9.29 Å². The Hall–Kier alpha value is -3.38. The first-order valence-electron chi connectivity index (χ1n) is 9.40. The van der Waals surface area contributed by atoms with Gasteiger partial charge >= 0.3 is 0 Å². The molecule has 0 unspecified atom stereocenters. The van der Waals surface area contributed by atoms with Crippen LogP contribution in [0.15, 0.2) is 88.3 Å². The van der Waals surface area contributed by atoms with Crippen molar-refractivity contribution in [2.24, 2.45) is 0 Å². The highest BCUT2D eigenvalue weighted by atomic mass is 32.2. The molecule has 0 saturated carbocycles. The largest absolute Gasteiger partial charge is 0.350 e. The highest BCUT2D eigenvalue weighted by Crippen LogP contribution is 2.38. The number of halogens is 1. The molecular weight excluding hydrogens is 399 g/mol. The number of thioether (sulfide) groups is 1. The second-order valence-corrected chi connectivity index (χ2v) is 8.09. The summed E-state index contributed by atoms with van der Waals surface area (Å²) in [6.45, 7) is 3.94. The van der Waals surface area contributed by atoms with E-state index in [4.69, 9.17) is 0 Å². The second-order valence-electron chi connectivity index (χ2n) is 7.01. The molecule has 3 aromatic carbocycles.